The zero-order chi connectivity index (χ0) is 25.3. The number of rotatable bonds is 10. The second-order valence-corrected chi connectivity index (χ2v) is 14.1. The highest BCUT2D eigenvalue weighted by Crippen LogP contribution is 2.42. The van der Waals surface area contributed by atoms with Crippen molar-refractivity contribution < 1.29 is 9.53 Å². The Balaban J connectivity index is 2.34. The number of methoxy groups -OCH3 is 1. The minimum absolute atomic E-state index is 0.259. The first-order valence-electron chi connectivity index (χ1n) is 13.0. The van der Waals surface area contributed by atoms with E-state index in [4.69, 9.17) is 4.74 Å². The number of allylic oxidation sites excluding steroid dienone is 5. The zero-order valence-corrected chi connectivity index (χ0v) is 23.1. The Labute approximate surface area is 213 Å². The molecule has 0 atom stereocenters. The maximum absolute atomic E-state index is 12.9. The summed E-state index contributed by atoms with van der Waals surface area (Å²) < 4.78 is 5.23. The Morgan fingerprint density at radius 1 is 0.914 bits per heavy atom. The number of hydrogen-bond donors (Lipinski definition) is 0. The Morgan fingerprint density at radius 2 is 1.54 bits per heavy atom. The minimum atomic E-state index is -2.13. The molecule has 1 heterocycles. The highest BCUT2D eigenvalue weighted by molar-refractivity contribution is 6.91. The minimum Gasteiger partial charge on any atom is -0.465 e. The highest BCUT2D eigenvalue weighted by Gasteiger charge is 2.34. The van der Waals surface area contributed by atoms with Crippen molar-refractivity contribution in [3.8, 4) is 0 Å². The number of benzene rings is 2. The molecule has 1 aliphatic heterocycles. The molecule has 0 radical (unpaired) electrons. The Kier molecular flexibility index (Phi) is 9.68. The first kappa shape index (κ1) is 26.7. The Morgan fingerprint density at radius 3 is 2.14 bits per heavy atom. The fourth-order valence-electron chi connectivity index (χ4n) is 4.75. The number of ether oxygens (including phenoxy) is 1. The molecule has 0 fully saturated rings. The van der Waals surface area contributed by atoms with Crippen molar-refractivity contribution in [1.29, 1.82) is 0 Å². The summed E-state index contributed by atoms with van der Waals surface area (Å²) >= 11 is 0. The molecule has 3 heteroatoms. The van der Waals surface area contributed by atoms with E-state index in [-0.39, 0.29) is 5.97 Å². The lowest BCUT2D eigenvalue weighted by atomic mass is 9.90. The Hall–Kier alpha value is -2.91. The van der Waals surface area contributed by atoms with Crippen LogP contribution in [0.25, 0.3) is 11.1 Å². The molecule has 0 spiro atoms. The molecule has 0 unspecified atom stereocenters. The van der Waals surface area contributed by atoms with Crippen LogP contribution in [0.3, 0.4) is 0 Å². The summed E-state index contributed by atoms with van der Waals surface area (Å²) in [5.74, 6) is -0.259. The topological polar surface area (TPSA) is 26.3 Å². The first-order chi connectivity index (χ1) is 16.9. The van der Waals surface area contributed by atoms with Gasteiger partial charge in [0.1, 0.15) is 8.07 Å². The van der Waals surface area contributed by atoms with Crippen LogP contribution >= 0.6 is 0 Å². The zero-order valence-electron chi connectivity index (χ0n) is 22.1. The van der Waals surface area contributed by atoms with Crippen LogP contribution < -0.4 is 0 Å². The van der Waals surface area contributed by atoms with E-state index < -0.39 is 8.07 Å². The summed E-state index contributed by atoms with van der Waals surface area (Å²) in [6, 6.07) is 21.1. The molecule has 2 aromatic carbocycles. The van der Waals surface area contributed by atoms with Gasteiger partial charge in [-0.05, 0) is 52.3 Å². The summed E-state index contributed by atoms with van der Waals surface area (Å²) in [4.78, 5) is 12.9. The monoisotopic (exact) mass is 484 g/mol. The van der Waals surface area contributed by atoms with Crippen LogP contribution in [-0.4, -0.2) is 21.2 Å². The van der Waals surface area contributed by atoms with Crippen molar-refractivity contribution in [1.82, 2.24) is 0 Å². The normalized spacial score (nSPS) is 16.9. The van der Waals surface area contributed by atoms with Crippen molar-refractivity contribution in [3.05, 3.63) is 106 Å². The molecule has 2 aromatic rings. The van der Waals surface area contributed by atoms with E-state index in [1.807, 2.05) is 18.2 Å². The lowest BCUT2D eigenvalue weighted by molar-refractivity contribution is -0.135. The third-order valence-corrected chi connectivity index (χ3v) is 9.46. The van der Waals surface area contributed by atoms with Gasteiger partial charge in [0.05, 0.1) is 12.7 Å². The Bertz CT molecular complexity index is 1120. The predicted octanol–water partition coefficient (Wildman–Crippen LogP) is 8.73. The fourth-order valence-corrected chi connectivity index (χ4v) is 7.37. The molecule has 0 amide bonds. The van der Waals surface area contributed by atoms with Gasteiger partial charge in [-0.2, -0.15) is 0 Å². The molecule has 0 aromatic heterocycles. The average Bonchev–Trinajstić information content (AvgIpc) is 2.88. The van der Waals surface area contributed by atoms with Crippen LogP contribution in [0, 0.1) is 0 Å². The quantitative estimate of drug-likeness (QED) is 0.191. The van der Waals surface area contributed by atoms with Gasteiger partial charge in [-0.15, -0.1) is 0 Å². The summed E-state index contributed by atoms with van der Waals surface area (Å²) in [7, 11) is -0.660. The van der Waals surface area contributed by atoms with Gasteiger partial charge >= 0.3 is 5.97 Å². The molecule has 3 rings (SSSR count). The van der Waals surface area contributed by atoms with Crippen LogP contribution in [0.4, 0.5) is 0 Å². The molecule has 0 bridgehead atoms. The number of unbranched alkanes of at least 4 members (excludes halogenated alkanes) is 3. The molecular formula is C32H40O2Si. The number of hydrogen-bond acceptors (Lipinski definition) is 2. The summed E-state index contributed by atoms with van der Waals surface area (Å²) in [5.41, 5.74) is 9.00. The first-order valence-corrected chi connectivity index (χ1v) is 16.1. The van der Waals surface area contributed by atoms with Crippen LogP contribution in [0.1, 0.15) is 63.5 Å². The molecular weight excluding hydrogens is 444 g/mol. The van der Waals surface area contributed by atoms with Crippen LogP contribution in [-0.2, 0) is 9.53 Å². The van der Waals surface area contributed by atoms with Gasteiger partial charge in [0, 0.05) is 0 Å². The average molecular weight is 485 g/mol. The molecule has 35 heavy (non-hydrogen) atoms. The van der Waals surface area contributed by atoms with E-state index >= 15 is 0 Å². The number of carbonyl (C=O) groups is 1. The third kappa shape index (κ3) is 6.61. The molecule has 1 aliphatic rings. The fraction of sp³-hybridized carbons (Fsp3) is 0.344. The second-order valence-electron chi connectivity index (χ2n) is 9.83. The lowest BCUT2D eigenvalue weighted by Gasteiger charge is -2.32. The van der Waals surface area contributed by atoms with Gasteiger partial charge in [0.2, 0.25) is 0 Å². The smallest absolute Gasteiger partial charge is 0.337 e. The summed E-state index contributed by atoms with van der Waals surface area (Å²) in [6.45, 7) is 9.20. The van der Waals surface area contributed by atoms with Gasteiger partial charge in [0.25, 0.3) is 0 Å². The standard InChI is InChI=1S/C32H40O2Si/c1-6-8-12-20-26(17-9-7-2)31(27-21-15-11-16-22-27)30-23-28(25-18-13-10-14-19-25)29(32(33)34-3)24-35(30,4)5/h10-11,13-16,18-24H,6-9,12,17H2,1-5H3/b26-20+,31-30-. The van der Waals surface area contributed by atoms with E-state index in [2.05, 4.69) is 87.3 Å². The van der Waals surface area contributed by atoms with Crippen molar-refractivity contribution in [2.24, 2.45) is 0 Å². The largest absolute Gasteiger partial charge is 0.465 e. The van der Waals surface area contributed by atoms with Gasteiger partial charge in [-0.1, -0.05) is 125 Å². The number of esters is 1. The van der Waals surface area contributed by atoms with Crippen LogP contribution in [0.2, 0.25) is 13.1 Å². The van der Waals surface area contributed by atoms with E-state index in [1.54, 1.807) is 0 Å². The molecule has 0 N–H and O–H groups in total. The third-order valence-electron chi connectivity index (χ3n) is 6.67. The van der Waals surface area contributed by atoms with Crippen LogP contribution in [0.15, 0.2) is 94.9 Å². The summed E-state index contributed by atoms with van der Waals surface area (Å²) in [6.07, 6.45) is 11.7. The molecule has 0 aliphatic carbocycles. The van der Waals surface area contributed by atoms with Crippen molar-refractivity contribution in [2.45, 2.75) is 65.5 Å². The van der Waals surface area contributed by atoms with E-state index in [0.29, 0.717) is 5.57 Å². The predicted molar refractivity (Wildman–Crippen MR) is 152 cm³/mol. The van der Waals surface area contributed by atoms with Gasteiger partial charge in [-0.3, -0.25) is 0 Å². The summed E-state index contributed by atoms with van der Waals surface area (Å²) in [5, 5.41) is 1.38. The second kappa shape index (κ2) is 12.7. The maximum atomic E-state index is 12.9. The van der Waals surface area contributed by atoms with Crippen LogP contribution in [0.5, 0.6) is 0 Å². The molecule has 184 valence electrons. The number of carbonyl (C=O) groups excluding carboxylic acids is 1. The van der Waals surface area contributed by atoms with E-state index in [9.17, 15) is 4.79 Å². The highest BCUT2D eigenvalue weighted by atomic mass is 28.3. The van der Waals surface area contributed by atoms with Gasteiger partial charge in [0.15, 0.2) is 0 Å². The molecule has 2 nitrogen and oxygen atoms in total. The SMILES string of the molecule is CCCC/C=C(CCCC)/C(=C1\C=C(c2ccccc2)C(C(=O)OC)=C[Si]1(C)C)c1ccccc1. The molecule has 0 saturated heterocycles. The lowest BCUT2D eigenvalue weighted by Crippen LogP contribution is -2.32. The van der Waals surface area contributed by atoms with Crippen molar-refractivity contribution >= 4 is 25.2 Å². The van der Waals surface area contributed by atoms with Gasteiger partial charge in [-0.25, -0.2) is 4.79 Å². The molecule has 0 saturated carbocycles. The van der Waals surface area contributed by atoms with Crippen molar-refractivity contribution in [3.63, 3.8) is 0 Å². The van der Waals surface area contributed by atoms with Crippen molar-refractivity contribution in [2.75, 3.05) is 7.11 Å². The van der Waals surface area contributed by atoms with E-state index in [1.165, 1.54) is 54.7 Å². The maximum Gasteiger partial charge on any atom is 0.337 e. The van der Waals surface area contributed by atoms with E-state index in [0.717, 1.165) is 24.0 Å². The van der Waals surface area contributed by atoms with Gasteiger partial charge < -0.3 is 4.74 Å².